The fraction of sp³-hybridized carbons (Fsp3) is 0.421. The number of halogens is 2. The molecule has 29 heavy (non-hydrogen) atoms. The first-order valence-electron chi connectivity index (χ1n) is 9.14. The lowest BCUT2D eigenvalue weighted by Crippen LogP contribution is -2.39. The third-order valence-electron chi connectivity index (χ3n) is 5.04. The molecule has 2 heterocycles. The Kier molecular flexibility index (Phi) is 6.73. The number of rotatable bonds is 6. The van der Waals surface area contributed by atoms with Gasteiger partial charge >= 0.3 is 0 Å². The van der Waals surface area contributed by atoms with Crippen molar-refractivity contribution >= 4 is 33.3 Å². The molecule has 1 saturated heterocycles. The van der Waals surface area contributed by atoms with E-state index in [0.29, 0.717) is 31.5 Å². The predicted molar refractivity (Wildman–Crippen MR) is 104 cm³/mol. The van der Waals surface area contributed by atoms with Crippen molar-refractivity contribution in [2.24, 2.45) is 11.1 Å². The minimum absolute atomic E-state index is 0.00426. The van der Waals surface area contributed by atoms with Crippen LogP contribution in [0.5, 0.6) is 0 Å². The van der Waals surface area contributed by atoms with Crippen LogP contribution in [0.3, 0.4) is 0 Å². The number of ketones is 1. The number of aromatic nitrogens is 2. The van der Waals surface area contributed by atoms with Gasteiger partial charge in [-0.2, -0.15) is 0 Å². The van der Waals surface area contributed by atoms with Crippen LogP contribution >= 0.6 is 15.9 Å². The Bertz CT molecular complexity index is 938. The summed E-state index contributed by atoms with van der Waals surface area (Å²) in [6, 6.07) is 4.43. The van der Waals surface area contributed by atoms with Crippen molar-refractivity contribution in [3.63, 3.8) is 0 Å². The first kappa shape index (κ1) is 21.1. The van der Waals surface area contributed by atoms with Gasteiger partial charge in [0.05, 0.1) is 10.9 Å². The summed E-state index contributed by atoms with van der Waals surface area (Å²) < 4.78 is 18.5. The normalized spacial score (nSPS) is 15.6. The van der Waals surface area contributed by atoms with Gasteiger partial charge in [-0.15, -0.1) is 0 Å². The molecule has 2 aromatic rings. The summed E-state index contributed by atoms with van der Waals surface area (Å²) in [6.45, 7) is 2.63. The first-order chi connectivity index (χ1) is 13.9. The minimum Gasteiger partial charge on any atom is -0.411 e. The number of nitrogens with zero attached hydrogens (tertiary/aromatic N) is 4. The van der Waals surface area contributed by atoms with Crippen LogP contribution in [0.4, 0.5) is 4.39 Å². The van der Waals surface area contributed by atoms with Gasteiger partial charge in [-0.3, -0.25) is 9.59 Å². The number of hydrogen-bond donors (Lipinski definition) is 1. The standard InChI is InChI=1S/C19H20BrFN4O4/c1-11(26)25-6-4-13(5-7-25)18(27)10-17-19(24-29-23-17)16(22-28)9-12-2-3-15(21)14(20)8-12/h2-3,8,13,28H,4-7,9-10H2,1H3/b22-16+. The Morgan fingerprint density at radius 2 is 2.03 bits per heavy atom. The van der Waals surface area contributed by atoms with E-state index in [2.05, 4.69) is 31.4 Å². The highest BCUT2D eigenvalue weighted by Crippen LogP contribution is 2.22. The van der Waals surface area contributed by atoms with Crippen molar-refractivity contribution in [1.29, 1.82) is 0 Å². The van der Waals surface area contributed by atoms with E-state index in [0.717, 1.165) is 0 Å². The summed E-state index contributed by atoms with van der Waals surface area (Å²) in [7, 11) is 0. The van der Waals surface area contributed by atoms with Crippen molar-refractivity contribution in [3.8, 4) is 0 Å². The molecule has 1 N–H and O–H groups in total. The van der Waals surface area contributed by atoms with E-state index in [1.165, 1.54) is 13.0 Å². The summed E-state index contributed by atoms with van der Waals surface area (Å²) in [4.78, 5) is 25.8. The summed E-state index contributed by atoms with van der Waals surface area (Å²) in [5.74, 6) is -0.582. The first-order valence-corrected chi connectivity index (χ1v) is 9.93. The number of Topliss-reactive ketones (excluding diaryl/α,β-unsaturated/α-hetero) is 1. The van der Waals surface area contributed by atoms with Crippen LogP contribution in [-0.2, 0) is 22.4 Å². The zero-order valence-electron chi connectivity index (χ0n) is 15.8. The van der Waals surface area contributed by atoms with E-state index in [-0.39, 0.29) is 52.0 Å². The average Bonchev–Trinajstić information content (AvgIpc) is 3.16. The number of hydrogen-bond acceptors (Lipinski definition) is 7. The van der Waals surface area contributed by atoms with Gasteiger partial charge in [0.15, 0.2) is 5.69 Å². The number of carbonyl (C=O) groups excluding carboxylic acids is 2. The van der Waals surface area contributed by atoms with Crippen LogP contribution in [0.25, 0.3) is 0 Å². The molecular weight excluding hydrogens is 447 g/mol. The number of oxime groups is 1. The van der Waals surface area contributed by atoms with Gasteiger partial charge < -0.3 is 10.1 Å². The molecule has 1 aromatic heterocycles. The van der Waals surface area contributed by atoms with E-state index in [9.17, 15) is 19.2 Å². The Morgan fingerprint density at radius 3 is 2.66 bits per heavy atom. The molecule has 154 valence electrons. The molecule has 0 aliphatic carbocycles. The largest absolute Gasteiger partial charge is 0.411 e. The Morgan fingerprint density at radius 1 is 1.31 bits per heavy atom. The fourth-order valence-electron chi connectivity index (χ4n) is 3.38. The third-order valence-corrected chi connectivity index (χ3v) is 5.65. The Labute approximate surface area is 174 Å². The number of benzene rings is 1. The topological polar surface area (TPSA) is 109 Å². The molecule has 0 spiro atoms. The van der Waals surface area contributed by atoms with Gasteiger partial charge in [0.1, 0.15) is 23.0 Å². The van der Waals surface area contributed by atoms with Gasteiger partial charge in [-0.25, -0.2) is 9.02 Å². The molecule has 0 saturated carbocycles. The van der Waals surface area contributed by atoms with E-state index in [1.807, 2.05) is 0 Å². The molecule has 1 fully saturated rings. The van der Waals surface area contributed by atoms with Crippen molar-refractivity contribution in [1.82, 2.24) is 15.2 Å². The number of amides is 1. The smallest absolute Gasteiger partial charge is 0.219 e. The number of carbonyl (C=O) groups is 2. The predicted octanol–water partition coefficient (Wildman–Crippen LogP) is 2.76. The van der Waals surface area contributed by atoms with Crippen molar-refractivity contribution in [2.75, 3.05) is 13.1 Å². The summed E-state index contributed by atoms with van der Waals surface area (Å²) in [6.07, 6.45) is 1.35. The van der Waals surface area contributed by atoms with Gasteiger partial charge in [0.2, 0.25) is 5.91 Å². The van der Waals surface area contributed by atoms with Crippen LogP contribution in [0, 0.1) is 11.7 Å². The third kappa shape index (κ3) is 5.06. The summed E-state index contributed by atoms with van der Waals surface area (Å²) in [5.41, 5.74) is 1.34. The maximum absolute atomic E-state index is 13.4. The minimum atomic E-state index is -0.401. The molecule has 1 aliphatic rings. The molecular formula is C19H20BrFN4O4. The Hall–Kier alpha value is -2.62. The van der Waals surface area contributed by atoms with E-state index < -0.39 is 5.82 Å². The molecule has 1 aromatic carbocycles. The maximum atomic E-state index is 13.4. The maximum Gasteiger partial charge on any atom is 0.219 e. The molecule has 8 nitrogen and oxygen atoms in total. The molecule has 10 heteroatoms. The van der Waals surface area contributed by atoms with Crippen LogP contribution in [0.15, 0.2) is 32.5 Å². The second-order valence-electron chi connectivity index (χ2n) is 6.95. The van der Waals surface area contributed by atoms with Crippen molar-refractivity contribution in [3.05, 3.63) is 45.4 Å². The fourth-order valence-corrected chi connectivity index (χ4v) is 3.80. The number of likely N-dealkylation sites (tertiary alicyclic amines) is 1. The van der Waals surface area contributed by atoms with Gasteiger partial charge in [0.25, 0.3) is 0 Å². The zero-order chi connectivity index (χ0) is 21.0. The summed E-state index contributed by atoms with van der Waals surface area (Å²) >= 11 is 3.12. The van der Waals surface area contributed by atoms with Crippen LogP contribution in [0.1, 0.15) is 36.7 Å². The monoisotopic (exact) mass is 466 g/mol. The highest BCUT2D eigenvalue weighted by atomic mass is 79.9. The van der Waals surface area contributed by atoms with Crippen LogP contribution in [-0.4, -0.2) is 50.9 Å². The van der Waals surface area contributed by atoms with Crippen molar-refractivity contribution < 1.29 is 23.8 Å². The lowest BCUT2D eigenvalue weighted by atomic mass is 9.89. The summed E-state index contributed by atoms with van der Waals surface area (Å²) in [5, 5.41) is 20.3. The van der Waals surface area contributed by atoms with Crippen LogP contribution in [0.2, 0.25) is 0 Å². The van der Waals surface area contributed by atoms with E-state index in [4.69, 9.17) is 4.63 Å². The lowest BCUT2D eigenvalue weighted by molar-refractivity contribution is -0.133. The molecule has 3 rings (SSSR count). The number of piperidine rings is 1. The van der Waals surface area contributed by atoms with Gasteiger partial charge in [0, 0.05) is 32.4 Å². The second-order valence-corrected chi connectivity index (χ2v) is 7.81. The molecule has 1 amide bonds. The lowest BCUT2D eigenvalue weighted by Gasteiger charge is -2.30. The Balaban J connectivity index is 1.68. The van der Waals surface area contributed by atoms with Crippen molar-refractivity contribution in [2.45, 2.75) is 32.6 Å². The molecule has 0 unspecified atom stereocenters. The molecule has 1 aliphatic heterocycles. The quantitative estimate of drug-likeness (QED) is 0.398. The molecule has 0 bridgehead atoms. The van der Waals surface area contributed by atoms with Crippen LogP contribution < -0.4 is 0 Å². The highest BCUT2D eigenvalue weighted by molar-refractivity contribution is 9.10. The average molecular weight is 467 g/mol. The van der Waals surface area contributed by atoms with E-state index >= 15 is 0 Å². The molecule has 0 atom stereocenters. The van der Waals surface area contributed by atoms with Gasteiger partial charge in [-0.1, -0.05) is 16.4 Å². The SMILES string of the molecule is CC(=O)N1CCC(C(=O)Cc2nonc2/C(Cc2ccc(F)c(Br)c2)=N/O)CC1. The molecule has 0 radical (unpaired) electrons. The van der Waals surface area contributed by atoms with Gasteiger partial charge in [-0.05, 0) is 51.6 Å². The zero-order valence-corrected chi connectivity index (χ0v) is 17.4. The second kappa shape index (κ2) is 9.25. The highest BCUT2D eigenvalue weighted by Gasteiger charge is 2.28. The van der Waals surface area contributed by atoms with E-state index in [1.54, 1.807) is 17.0 Å².